The Kier molecular flexibility index (Phi) is 4.28. The highest BCUT2D eigenvalue weighted by atomic mass is 35.5. The molecule has 0 radical (unpaired) electrons. The van der Waals surface area contributed by atoms with E-state index >= 15 is 0 Å². The molecule has 0 bridgehead atoms. The van der Waals surface area contributed by atoms with Gasteiger partial charge in [-0.15, -0.1) is 0 Å². The molecule has 7 heteroatoms. The number of anilines is 2. The van der Waals surface area contributed by atoms with Gasteiger partial charge in [-0.2, -0.15) is 26.7 Å². The van der Waals surface area contributed by atoms with E-state index in [0.29, 0.717) is 12.0 Å². The molecule has 3 N–H and O–H groups in total. The minimum Gasteiger partial charge on any atom is -0.368 e. The van der Waals surface area contributed by atoms with Crippen molar-refractivity contribution >= 4 is 35.3 Å². The number of nitrogens with zero attached hydrogens (tertiary/aromatic N) is 3. The third-order valence-corrected chi connectivity index (χ3v) is 4.27. The van der Waals surface area contributed by atoms with Gasteiger partial charge in [0.1, 0.15) is 0 Å². The second-order valence-electron chi connectivity index (χ2n) is 4.14. The molecule has 0 atom stereocenters. The van der Waals surface area contributed by atoms with Crippen molar-refractivity contribution in [3.05, 3.63) is 5.28 Å². The maximum absolute atomic E-state index is 5.73. The molecule has 17 heavy (non-hydrogen) atoms. The molecule has 1 saturated carbocycles. The van der Waals surface area contributed by atoms with Gasteiger partial charge >= 0.3 is 0 Å². The van der Waals surface area contributed by atoms with E-state index < -0.39 is 0 Å². The van der Waals surface area contributed by atoms with Crippen molar-refractivity contribution in [3.63, 3.8) is 0 Å². The van der Waals surface area contributed by atoms with Gasteiger partial charge in [0.2, 0.25) is 17.2 Å². The first-order valence-corrected chi connectivity index (χ1v) is 7.30. The molecule has 1 aromatic rings. The Morgan fingerprint density at radius 1 is 1.24 bits per heavy atom. The van der Waals surface area contributed by atoms with Crippen molar-refractivity contribution in [1.82, 2.24) is 15.0 Å². The maximum atomic E-state index is 5.73. The molecule has 0 saturated heterocycles. The number of halogens is 1. The highest BCUT2D eigenvalue weighted by Gasteiger charge is 2.21. The van der Waals surface area contributed by atoms with E-state index in [2.05, 4.69) is 26.5 Å². The molecular formula is C10H16ClN5S. The second kappa shape index (κ2) is 5.73. The highest BCUT2D eigenvalue weighted by Crippen LogP contribution is 2.28. The minimum absolute atomic E-state index is 0.137. The van der Waals surface area contributed by atoms with E-state index in [1.165, 1.54) is 12.8 Å². The first-order chi connectivity index (χ1) is 8.17. The molecule has 0 aromatic carbocycles. The van der Waals surface area contributed by atoms with E-state index in [-0.39, 0.29) is 11.2 Å². The monoisotopic (exact) mass is 273 g/mol. The molecule has 1 aliphatic carbocycles. The fraction of sp³-hybridized carbons (Fsp3) is 0.700. The first-order valence-electron chi connectivity index (χ1n) is 5.63. The van der Waals surface area contributed by atoms with Gasteiger partial charge in [-0.05, 0) is 43.5 Å². The quantitative estimate of drug-likeness (QED) is 0.879. The normalized spacial score (nSPS) is 24.6. The molecular weight excluding hydrogens is 258 g/mol. The summed E-state index contributed by atoms with van der Waals surface area (Å²) in [7, 11) is 0. The summed E-state index contributed by atoms with van der Waals surface area (Å²) in [6.07, 6.45) is 6.90. The third kappa shape index (κ3) is 3.61. The van der Waals surface area contributed by atoms with Gasteiger partial charge in [0.15, 0.2) is 0 Å². The highest BCUT2D eigenvalue weighted by molar-refractivity contribution is 7.99. The number of nitrogen functional groups attached to an aromatic ring is 1. The van der Waals surface area contributed by atoms with Crippen LogP contribution in [0.3, 0.4) is 0 Å². The van der Waals surface area contributed by atoms with Gasteiger partial charge in [-0.25, -0.2) is 0 Å². The molecule has 1 aliphatic rings. The molecule has 1 fully saturated rings. The molecule has 0 amide bonds. The standard InChI is InChI=1S/C10H16ClN5S/c1-17-7-4-2-6(3-5-7)13-10-15-8(11)14-9(12)16-10/h6-7H,2-5H2,1H3,(H3,12,13,14,15,16). The molecule has 0 spiro atoms. The SMILES string of the molecule is CSC1CCC(Nc2nc(N)nc(Cl)n2)CC1. The summed E-state index contributed by atoms with van der Waals surface area (Å²) >= 11 is 7.68. The third-order valence-electron chi connectivity index (χ3n) is 2.97. The Hall–Kier alpha value is -0.750. The lowest BCUT2D eigenvalue weighted by Gasteiger charge is -2.27. The molecule has 1 aromatic heterocycles. The molecule has 0 unspecified atom stereocenters. The summed E-state index contributed by atoms with van der Waals surface area (Å²) in [6, 6.07) is 0.413. The number of nitrogens with one attached hydrogen (secondary N) is 1. The number of nitrogens with two attached hydrogens (primary N) is 1. The predicted octanol–water partition coefficient (Wildman–Crippen LogP) is 2.19. The van der Waals surface area contributed by atoms with Crippen LogP contribution >= 0.6 is 23.4 Å². The van der Waals surface area contributed by atoms with Crippen molar-refractivity contribution in [2.75, 3.05) is 17.3 Å². The molecule has 5 nitrogen and oxygen atoms in total. The zero-order chi connectivity index (χ0) is 12.3. The summed E-state index contributed by atoms with van der Waals surface area (Å²) in [5.41, 5.74) is 5.52. The van der Waals surface area contributed by atoms with Crippen LogP contribution in [0.4, 0.5) is 11.9 Å². The van der Waals surface area contributed by atoms with Gasteiger partial charge in [0.05, 0.1) is 0 Å². The molecule has 1 heterocycles. The lowest BCUT2D eigenvalue weighted by atomic mass is 9.95. The number of hydrogen-bond acceptors (Lipinski definition) is 6. The van der Waals surface area contributed by atoms with Crippen molar-refractivity contribution in [2.45, 2.75) is 37.0 Å². The van der Waals surface area contributed by atoms with Gasteiger partial charge in [0, 0.05) is 11.3 Å². The topological polar surface area (TPSA) is 76.7 Å². The van der Waals surface area contributed by atoms with Crippen LogP contribution < -0.4 is 11.1 Å². The average Bonchev–Trinajstić information content (AvgIpc) is 2.28. The Labute approximate surface area is 110 Å². The van der Waals surface area contributed by atoms with Crippen molar-refractivity contribution < 1.29 is 0 Å². The number of aromatic nitrogens is 3. The minimum atomic E-state index is 0.137. The van der Waals surface area contributed by atoms with Crippen LogP contribution in [0, 0.1) is 0 Å². The van der Waals surface area contributed by atoms with Crippen molar-refractivity contribution in [3.8, 4) is 0 Å². The van der Waals surface area contributed by atoms with Crippen LogP contribution in [0.25, 0.3) is 0 Å². The molecule has 2 rings (SSSR count). The van der Waals surface area contributed by atoms with Crippen LogP contribution in [-0.2, 0) is 0 Å². The Morgan fingerprint density at radius 2 is 1.94 bits per heavy atom. The van der Waals surface area contributed by atoms with E-state index in [4.69, 9.17) is 17.3 Å². The summed E-state index contributed by atoms with van der Waals surface area (Å²) in [5, 5.41) is 4.20. The first kappa shape index (κ1) is 12.7. The molecule has 94 valence electrons. The van der Waals surface area contributed by atoms with Gasteiger partial charge < -0.3 is 11.1 Å². The maximum Gasteiger partial charge on any atom is 0.229 e. The Balaban J connectivity index is 1.93. The predicted molar refractivity (Wildman–Crippen MR) is 72.4 cm³/mol. The Bertz CT molecular complexity index is 361. The zero-order valence-electron chi connectivity index (χ0n) is 9.69. The number of hydrogen-bond donors (Lipinski definition) is 2. The zero-order valence-corrected chi connectivity index (χ0v) is 11.3. The van der Waals surface area contributed by atoms with Crippen LogP contribution in [0.1, 0.15) is 25.7 Å². The van der Waals surface area contributed by atoms with E-state index in [1.807, 2.05) is 11.8 Å². The van der Waals surface area contributed by atoms with Crippen LogP contribution in [0.5, 0.6) is 0 Å². The van der Waals surface area contributed by atoms with Crippen LogP contribution in [0.2, 0.25) is 5.28 Å². The average molecular weight is 274 g/mol. The number of thioether (sulfide) groups is 1. The van der Waals surface area contributed by atoms with Gasteiger partial charge in [-0.1, -0.05) is 0 Å². The molecule has 0 aliphatic heterocycles. The second-order valence-corrected chi connectivity index (χ2v) is 5.62. The van der Waals surface area contributed by atoms with Crippen LogP contribution in [-0.4, -0.2) is 32.5 Å². The summed E-state index contributed by atoms with van der Waals surface area (Å²) < 4.78 is 0. The number of rotatable bonds is 3. The Morgan fingerprint density at radius 3 is 2.53 bits per heavy atom. The smallest absolute Gasteiger partial charge is 0.229 e. The van der Waals surface area contributed by atoms with Gasteiger partial charge in [0.25, 0.3) is 0 Å². The fourth-order valence-electron chi connectivity index (χ4n) is 2.06. The summed E-state index contributed by atoms with van der Waals surface area (Å²) in [6.45, 7) is 0. The summed E-state index contributed by atoms with van der Waals surface area (Å²) in [4.78, 5) is 11.8. The lowest BCUT2D eigenvalue weighted by Crippen LogP contribution is -2.28. The van der Waals surface area contributed by atoms with Crippen LogP contribution in [0.15, 0.2) is 0 Å². The summed E-state index contributed by atoms with van der Waals surface area (Å²) in [5.74, 6) is 0.639. The van der Waals surface area contributed by atoms with E-state index in [1.54, 1.807) is 0 Å². The van der Waals surface area contributed by atoms with Crippen molar-refractivity contribution in [1.29, 1.82) is 0 Å². The van der Waals surface area contributed by atoms with E-state index in [0.717, 1.165) is 18.1 Å². The van der Waals surface area contributed by atoms with E-state index in [9.17, 15) is 0 Å². The van der Waals surface area contributed by atoms with Gasteiger partial charge in [-0.3, -0.25) is 0 Å². The fourth-order valence-corrected chi connectivity index (χ4v) is 2.97. The van der Waals surface area contributed by atoms with Crippen molar-refractivity contribution in [2.24, 2.45) is 0 Å². The lowest BCUT2D eigenvalue weighted by molar-refractivity contribution is 0.471. The largest absolute Gasteiger partial charge is 0.368 e.